The minimum Gasteiger partial charge on any atom is -0.453 e. The van der Waals surface area contributed by atoms with Crippen molar-refractivity contribution in [2.45, 2.75) is 25.9 Å². The predicted molar refractivity (Wildman–Crippen MR) is 117 cm³/mol. The van der Waals surface area contributed by atoms with Gasteiger partial charge in [-0.1, -0.05) is 49.7 Å². The van der Waals surface area contributed by atoms with Gasteiger partial charge in [0.05, 0.1) is 11.4 Å². The van der Waals surface area contributed by atoms with Crippen molar-refractivity contribution in [3.8, 4) is 11.5 Å². The number of aldehydes is 1. The zero-order valence-corrected chi connectivity index (χ0v) is 16.5. The molecule has 0 aliphatic rings. The van der Waals surface area contributed by atoms with Crippen molar-refractivity contribution in [1.82, 2.24) is 0 Å². The lowest BCUT2D eigenvalue weighted by atomic mass is 10.1. The molecule has 0 fully saturated rings. The molecular weight excluding hydrogens is 364 g/mol. The van der Waals surface area contributed by atoms with Gasteiger partial charge in [-0.15, -0.1) is 0 Å². The Morgan fingerprint density at radius 3 is 2.31 bits per heavy atom. The van der Waals surface area contributed by atoms with E-state index in [4.69, 9.17) is 4.74 Å². The molecule has 3 N–H and O–H groups in total. The number of rotatable bonds is 10. The van der Waals surface area contributed by atoms with E-state index in [2.05, 4.69) is 17.6 Å². The summed E-state index contributed by atoms with van der Waals surface area (Å²) in [6.45, 7) is 2.88. The molecule has 3 rings (SSSR count). The smallest absolute Gasteiger partial charge is 0.173 e. The van der Waals surface area contributed by atoms with E-state index in [1.165, 1.54) is 0 Å². The van der Waals surface area contributed by atoms with E-state index in [9.17, 15) is 9.90 Å². The first kappa shape index (κ1) is 20.4. The molecule has 0 radical (unpaired) electrons. The van der Waals surface area contributed by atoms with Crippen LogP contribution in [0.2, 0.25) is 0 Å². The number of para-hydroxylation sites is 2. The van der Waals surface area contributed by atoms with Gasteiger partial charge in [0.2, 0.25) is 0 Å². The van der Waals surface area contributed by atoms with Crippen LogP contribution >= 0.6 is 0 Å². The van der Waals surface area contributed by atoms with Crippen LogP contribution in [0.15, 0.2) is 72.8 Å². The third-order valence-electron chi connectivity index (χ3n) is 4.44. The highest BCUT2D eigenvalue weighted by Crippen LogP contribution is 2.41. The van der Waals surface area contributed by atoms with Crippen molar-refractivity contribution in [2.24, 2.45) is 0 Å². The Kier molecular flexibility index (Phi) is 7.25. The van der Waals surface area contributed by atoms with Crippen molar-refractivity contribution in [1.29, 1.82) is 0 Å². The van der Waals surface area contributed by atoms with Gasteiger partial charge in [-0.3, -0.25) is 0 Å². The van der Waals surface area contributed by atoms with E-state index in [0.717, 1.165) is 30.8 Å². The summed E-state index contributed by atoms with van der Waals surface area (Å²) >= 11 is 0. The Balaban J connectivity index is 2.06. The second-order valence-corrected chi connectivity index (χ2v) is 6.71. The number of aliphatic hydroxyl groups excluding tert-OH is 1. The standard InChI is InChI=1S/C24H26N2O3/c1-2-3-14-25-21-15-18(23(28)17-27)16-22(26-19-10-6-4-7-11-19)24(21)29-20-12-8-5-9-13-20/h4-13,15-17,23,25-26,28H,2-3,14H2,1H3. The fourth-order valence-corrected chi connectivity index (χ4v) is 2.92. The van der Waals surface area contributed by atoms with Gasteiger partial charge in [-0.2, -0.15) is 0 Å². The Morgan fingerprint density at radius 2 is 1.66 bits per heavy atom. The monoisotopic (exact) mass is 390 g/mol. The minimum absolute atomic E-state index is 0.498. The molecule has 0 bridgehead atoms. The summed E-state index contributed by atoms with van der Waals surface area (Å²) in [6, 6.07) is 22.7. The zero-order valence-electron chi connectivity index (χ0n) is 16.5. The molecule has 0 aromatic heterocycles. The van der Waals surface area contributed by atoms with Gasteiger partial charge in [0.25, 0.3) is 0 Å². The van der Waals surface area contributed by atoms with Gasteiger partial charge in [0.15, 0.2) is 12.0 Å². The number of anilines is 3. The lowest BCUT2D eigenvalue weighted by Crippen LogP contribution is -2.07. The molecule has 0 aliphatic carbocycles. The summed E-state index contributed by atoms with van der Waals surface area (Å²) in [4.78, 5) is 11.2. The van der Waals surface area contributed by atoms with Crippen molar-refractivity contribution in [2.75, 3.05) is 17.2 Å². The van der Waals surface area contributed by atoms with Gasteiger partial charge in [0.1, 0.15) is 11.9 Å². The van der Waals surface area contributed by atoms with E-state index in [1.807, 2.05) is 60.7 Å². The van der Waals surface area contributed by atoms with Crippen LogP contribution in [-0.2, 0) is 4.79 Å². The Morgan fingerprint density at radius 1 is 1.00 bits per heavy atom. The quantitative estimate of drug-likeness (QED) is 0.307. The van der Waals surface area contributed by atoms with Crippen LogP contribution < -0.4 is 15.4 Å². The van der Waals surface area contributed by atoms with Crippen LogP contribution in [0.1, 0.15) is 31.4 Å². The molecule has 150 valence electrons. The Hall–Kier alpha value is -3.31. The number of carbonyl (C=O) groups is 1. The van der Waals surface area contributed by atoms with Gasteiger partial charge in [-0.05, 0) is 48.4 Å². The number of aliphatic hydroxyl groups is 1. The fraction of sp³-hybridized carbons (Fsp3) is 0.208. The minimum atomic E-state index is -1.20. The molecule has 5 nitrogen and oxygen atoms in total. The fourth-order valence-electron chi connectivity index (χ4n) is 2.92. The molecular formula is C24H26N2O3. The molecule has 0 saturated carbocycles. The highest BCUT2D eigenvalue weighted by Gasteiger charge is 2.17. The summed E-state index contributed by atoms with van der Waals surface area (Å²) in [5.74, 6) is 1.31. The summed E-state index contributed by atoms with van der Waals surface area (Å²) in [5, 5.41) is 16.9. The summed E-state index contributed by atoms with van der Waals surface area (Å²) in [6.07, 6.45) is 1.36. The molecule has 0 aliphatic heterocycles. The number of carbonyl (C=O) groups excluding carboxylic acids is 1. The maximum absolute atomic E-state index is 11.2. The van der Waals surface area contributed by atoms with Crippen LogP contribution in [0, 0.1) is 0 Å². The molecule has 3 aromatic carbocycles. The Labute approximate surface area is 171 Å². The molecule has 0 amide bonds. The van der Waals surface area contributed by atoms with E-state index < -0.39 is 6.10 Å². The van der Waals surface area contributed by atoms with Crippen LogP contribution in [0.3, 0.4) is 0 Å². The average Bonchev–Trinajstić information content (AvgIpc) is 2.76. The number of nitrogens with one attached hydrogen (secondary N) is 2. The molecule has 0 heterocycles. The number of hydrogen-bond acceptors (Lipinski definition) is 5. The predicted octanol–water partition coefficient (Wildman–Crippen LogP) is 5.67. The third-order valence-corrected chi connectivity index (χ3v) is 4.44. The second kappa shape index (κ2) is 10.3. The van der Waals surface area contributed by atoms with Gasteiger partial charge < -0.3 is 25.3 Å². The summed E-state index contributed by atoms with van der Waals surface area (Å²) < 4.78 is 6.22. The maximum Gasteiger partial charge on any atom is 0.173 e. The number of benzene rings is 3. The highest BCUT2D eigenvalue weighted by atomic mass is 16.5. The maximum atomic E-state index is 11.2. The largest absolute Gasteiger partial charge is 0.453 e. The van der Waals surface area contributed by atoms with Gasteiger partial charge >= 0.3 is 0 Å². The first-order chi connectivity index (χ1) is 14.2. The highest BCUT2D eigenvalue weighted by molar-refractivity contribution is 5.79. The lowest BCUT2D eigenvalue weighted by molar-refractivity contribution is -0.115. The first-order valence-electron chi connectivity index (χ1n) is 9.81. The molecule has 0 spiro atoms. The normalized spacial score (nSPS) is 11.5. The molecule has 1 unspecified atom stereocenters. The molecule has 1 atom stereocenters. The SMILES string of the molecule is CCCCNc1cc(C(O)C=O)cc(Nc2ccccc2)c1Oc1ccccc1. The van der Waals surface area contributed by atoms with Gasteiger partial charge in [0, 0.05) is 12.2 Å². The van der Waals surface area contributed by atoms with Crippen LogP contribution in [0.25, 0.3) is 0 Å². The number of unbranched alkanes of at least 4 members (excludes halogenated alkanes) is 1. The van der Waals surface area contributed by atoms with E-state index in [-0.39, 0.29) is 0 Å². The van der Waals surface area contributed by atoms with Crippen molar-refractivity contribution >= 4 is 23.3 Å². The Bertz CT molecular complexity index is 914. The zero-order chi connectivity index (χ0) is 20.5. The molecule has 3 aromatic rings. The number of hydrogen-bond donors (Lipinski definition) is 3. The van der Waals surface area contributed by atoms with E-state index in [0.29, 0.717) is 29.0 Å². The average molecular weight is 390 g/mol. The lowest BCUT2D eigenvalue weighted by Gasteiger charge is -2.20. The van der Waals surface area contributed by atoms with Crippen molar-refractivity contribution in [3.63, 3.8) is 0 Å². The van der Waals surface area contributed by atoms with Crippen LogP contribution in [0.4, 0.5) is 17.1 Å². The van der Waals surface area contributed by atoms with Crippen molar-refractivity contribution in [3.05, 3.63) is 78.4 Å². The van der Waals surface area contributed by atoms with Gasteiger partial charge in [-0.25, -0.2) is 0 Å². The van der Waals surface area contributed by atoms with E-state index in [1.54, 1.807) is 12.1 Å². The summed E-state index contributed by atoms with van der Waals surface area (Å²) in [5.41, 5.74) is 2.76. The molecule has 5 heteroatoms. The topological polar surface area (TPSA) is 70.6 Å². The summed E-state index contributed by atoms with van der Waals surface area (Å²) in [7, 11) is 0. The van der Waals surface area contributed by atoms with Crippen molar-refractivity contribution < 1.29 is 14.6 Å². The first-order valence-corrected chi connectivity index (χ1v) is 9.81. The second-order valence-electron chi connectivity index (χ2n) is 6.71. The number of ether oxygens (including phenoxy) is 1. The third kappa shape index (κ3) is 5.59. The molecule has 29 heavy (non-hydrogen) atoms. The van der Waals surface area contributed by atoms with E-state index >= 15 is 0 Å². The van der Waals surface area contributed by atoms with Crippen LogP contribution in [0.5, 0.6) is 11.5 Å². The van der Waals surface area contributed by atoms with Crippen LogP contribution in [-0.4, -0.2) is 17.9 Å². The molecule has 0 saturated heterocycles.